The first kappa shape index (κ1) is 29.5. The first-order chi connectivity index (χ1) is 13.9. The zero-order valence-corrected chi connectivity index (χ0v) is 21.7. The zero-order valence-electron chi connectivity index (χ0n) is 20.0. The Balaban J connectivity index is 3.69. The van der Waals surface area contributed by atoms with Gasteiger partial charge < -0.3 is 13.9 Å². The van der Waals surface area contributed by atoms with Crippen LogP contribution in [0.25, 0.3) is 0 Å². The summed E-state index contributed by atoms with van der Waals surface area (Å²) in [7, 11) is 0. The van der Waals surface area contributed by atoms with Crippen molar-refractivity contribution in [3.63, 3.8) is 0 Å². The van der Waals surface area contributed by atoms with E-state index in [0.29, 0.717) is 0 Å². The van der Waals surface area contributed by atoms with Gasteiger partial charge in [0, 0.05) is 0 Å². The Morgan fingerprint density at radius 2 is 0.862 bits per heavy atom. The van der Waals surface area contributed by atoms with Crippen molar-refractivity contribution in [2.75, 3.05) is 0 Å². The van der Waals surface area contributed by atoms with Crippen molar-refractivity contribution in [3.8, 4) is 0 Å². The molecule has 0 aliphatic carbocycles. The second-order valence-electron chi connectivity index (χ2n) is 8.83. The molecule has 2 unspecified atom stereocenters. The third-order valence-electron chi connectivity index (χ3n) is 5.55. The Morgan fingerprint density at radius 3 is 1.17 bits per heavy atom. The fourth-order valence-electron chi connectivity index (χ4n) is 3.72. The summed E-state index contributed by atoms with van der Waals surface area (Å²) in [4.78, 5) is 10.4. The minimum atomic E-state index is -3.12. The van der Waals surface area contributed by atoms with E-state index in [4.69, 9.17) is 20.9 Å². The van der Waals surface area contributed by atoms with Crippen molar-refractivity contribution in [2.45, 2.75) is 155 Å². The molecule has 2 atom stereocenters. The van der Waals surface area contributed by atoms with Crippen molar-refractivity contribution in [1.82, 2.24) is 0 Å². The molecule has 1 N–H and O–H groups in total. The summed E-state index contributed by atoms with van der Waals surface area (Å²) in [5, 5.41) is 0. The molecule has 0 rings (SSSR count). The predicted octanol–water partition coefficient (Wildman–Crippen LogP) is 9.08. The molecule has 0 radical (unpaired) electrons. The first-order valence-corrected chi connectivity index (χ1v) is 15.2. The van der Waals surface area contributed by atoms with Gasteiger partial charge in [-0.25, -0.2) is 0 Å². The van der Waals surface area contributed by atoms with Crippen LogP contribution in [-0.2, 0) is 20.9 Å². The second kappa shape index (κ2) is 20.4. The average molecular weight is 451 g/mol. The van der Waals surface area contributed by atoms with E-state index in [1.807, 2.05) is 13.8 Å². The van der Waals surface area contributed by atoms with Gasteiger partial charge in [0.1, 0.15) is 0 Å². The smallest absolute Gasteiger partial charge is 0.324 e. The van der Waals surface area contributed by atoms with Crippen LogP contribution in [-0.4, -0.2) is 17.1 Å². The highest BCUT2D eigenvalue weighted by Gasteiger charge is 2.22. The third-order valence-corrected chi connectivity index (χ3v) is 7.32. The average Bonchev–Trinajstić information content (AvgIpc) is 2.65. The maximum Gasteiger partial charge on any atom is 0.325 e. The number of hydrogen-bond donors (Lipinski definition) is 1. The molecule has 0 bridgehead atoms. The molecule has 0 aliphatic heterocycles. The van der Waals surface area contributed by atoms with Crippen LogP contribution in [0.5, 0.6) is 0 Å². The molecule has 3 nitrogen and oxygen atoms in total. The maximum atomic E-state index is 10.4. The number of hydrogen-bond acceptors (Lipinski definition) is 3. The fourth-order valence-corrected chi connectivity index (χ4v) is 5.77. The molecule has 0 aliphatic rings. The monoisotopic (exact) mass is 450 g/mol. The highest BCUT2D eigenvalue weighted by Crippen LogP contribution is 2.47. The van der Waals surface area contributed by atoms with Crippen molar-refractivity contribution in [1.29, 1.82) is 0 Å². The minimum absolute atomic E-state index is 0.0266. The molecule has 0 saturated carbocycles. The Kier molecular flexibility index (Phi) is 20.8. The third kappa shape index (κ3) is 21.5. The van der Waals surface area contributed by atoms with E-state index in [-0.39, 0.29) is 12.2 Å². The van der Waals surface area contributed by atoms with Crippen LogP contribution < -0.4 is 0 Å². The first-order valence-electron chi connectivity index (χ1n) is 12.6. The molecule has 0 spiro atoms. The Morgan fingerprint density at radius 1 is 0.586 bits per heavy atom. The van der Waals surface area contributed by atoms with Crippen molar-refractivity contribution < 1.29 is 13.9 Å². The van der Waals surface area contributed by atoms with Crippen LogP contribution in [0.4, 0.5) is 0 Å². The van der Waals surface area contributed by atoms with E-state index in [0.717, 1.165) is 25.7 Å². The van der Waals surface area contributed by atoms with E-state index in [9.17, 15) is 4.89 Å². The van der Waals surface area contributed by atoms with Crippen LogP contribution in [0, 0.1) is 0 Å². The molecule has 0 fully saturated rings. The summed E-state index contributed by atoms with van der Waals surface area (Å²) >= 11 is 5.24. The molecule has 0 aromatic carbocycles. The Labute approximate surface area is 188 Å². The lowest BCUT2D eigenvalue weighted by atomic mass is 10.1. The summed E-state index contributed by atoms with van der Waals surface area (Å²) < 4.78 is 11.4. The summed E-state index contributed by atoms with van der Waals surface area (Å²) in [5.74, 6) is 0. The van der Waals surface area contributed by atoms with Gasteiger partial charge in [0.15, 0.2) is 0 Å². The molecular weight excluding hydrogens is 399 g/mol. The molecule has 0 aromatic heterocycles. The predicted molar refractivity (Wildman–Crippen MR) is 132 cm³/mol. The van der Waals surface area contributed by atoms with E-state index < -0.39 is 6.72 Å². The normalized spacial score (nSPS) is 15.9. The lowest BCUT2D eigenvalue weighted by molar-refractivity contribution is 0.111. The summed E-state index contributed by atoms with van der Waals surface area (Å²) in [6, 6.07) is 0. The van der Waals surface area contributed by atoms with Gasteiger partial charge in [-0.3, -0.25) is 0 Å². The van der Waals surface area contributed by atoms with E-state index in [2.05, 4.69) is 13.8 Å². The molecule has 5 heteroatoms. The highest BCUT2D eigenvalue weighted by atomic mass is 32.5. The lowest BCUT2D eigenvalue weighted by Gasteiger charge is -2.24. The molecular formula is C24H51O3PS. The molecule has 0 heterocycles. The van der Waals surface area contributed by atoms with Gasteiger partial charge >= 0.3 is 6.72 Å². The van der Waals surface area contributed by atoms with Crippen molar-refractivity contribution >= 4 is 18.5 Å². The topological polar surface area (TPSA) is 38.7 Å². The van der Waals surface area contributed by atoms with E-state index in [1.165, 1.54) is 89.9 Å². The van der Waals surface area contributed by atoms with Crippen LogP contribution in [0.15, 0.2) is 0 Å². The van der Waals surface area contributed by atoms with Gasteiger partial charge in [-0.05, 0) is 38.5 Å². The van der Waals surface area contributed by atoms with Gasteiger partial charge in [-0.2, -0.15) is 0 Å². The van der Waals surface area contributed by atoms with Crippen LogP contribution in [0.1, 0.15) is 143 Å². The van der Waals surface area contributed by atoms with E-state index >= 15 is 0 Å². The Hall–Kier alpha value is 0.530. The van der Waals surface area contributed by atoms with Gasteiger partial charge in [0.2, 0.25) is 0 Å². The van der Waals surface area contributed by atoms with Crippen molar-refractivity contribution in [2.24, 2.45) is 0 Å². The summed E-state index contributed by atoms with van der Waals surface area (Å²) in [5.41, 5.74) is 0. The lowest BCUT2D eigenvalue weighted by Crippen LogP contribution is -2.12. The number of rotatable bonds is 22. The number of unbranched alkanes of at least 4 members (excludes halogenated alkanes) is 14. The van der Waals surface area contributed by atoms with Crippen LogP contribution in [0.3, 0.4) is 0 Å². The van der Waals surface area contributed by atoms with Gasteiger partial charge in [0.25, 0.3) is 0 Å². The molecule has 176 valence electrons. The van der Waals surface area contributed by atoms with Crippen LogP contribution >= 0.6 is 6.72 Å². The van der Waals surface area contributed by atoms with Gasteiger partial charge in [-0.15, -0.1) is 0 Å². The van der Waals surface area contributed by atoms with Gasteiger partial charge in [-0.1, -0.05) is 117 Å². The zero-order chi connectivity index (χ0) is 21.8. The molecule has 29 heavy (non-hydrogen) atoms. The molecule has 0 saturated heterocycles. The SMILES string of the molecule is CCCCCCCCCCC(C)OP(O)(=S)OC(C)CCCCCCCCCC. The fraction of sp³-hybridized carbons (Fsp3) is 1.00. The van der Waals surface area contributed by atoms with Crippen molar-refractivity contribution in [3.05, 3.63) is 0 Å². The summed E-state index contributed by atoms with van der Waals surface area (Å²) in [6.07, 6.45) is 22.7. The van der Waals surface area contributed by atoms with Crippen LogP contribution in [0.2, 0.25) is 0 Å². The molecule has 0 amide bonds. The highest BCUT2D eigenvalue weighted by molar-refractivity contribution is 8.07. The second-order valence-corrected chi connectivity index (χ2v) is 11.6. The minimum Gasteiger partial charge on any atom is -0.324 e. The van der Waals surface area contributed by atoms with Gasteiger partial charge in [0.05, 0.1) is 12.2 Å². The quantitative estimate of drug-likeness (QED) is 0.132. The standard InChI is InChI=1S/C24H51O3PS/c1-5-7-9-11-13-15-17-19-21-23(3)26-28(25,29)27-24(4)22-20-18-16-14-12-10-8-6-2/h23-24H,5-22H2,1-4H3,(H,25,29). The Bertz CT molecular complexity index is 360. The largest absolute Gasteiger partial charge is 0.325 e. The molecule has 0 aromatic rings. The summed E-state index contributed by atoms with van der Waals surface area (Å²) in [6.45, 7) is 5.40. The maximum absolute atomic E-state index is 10.4. The van der Waals surface area contributed by atoms with E-state index in [1.54, 1.807) is 0 Å².